The minimum absolute atomic E-state index is 0.0159. The smallest absolute Gasteiger partial charge is 0.254 e. The van der Waals surface area contributed by atoms with E-state index in [0.717, 1.165) is 43.2 Å². The fourth-order valence-corrected chi connectivity index (χ4v) is 4.72. The number of nitrogens with one attached hydrogen (secondary N) is 2. The molecule has 204 valence electrons. The second-order valence-electron chi connectivity index (χ2n) is 10.3. The van der Waals surface area contributed by atoms with E-state index in [-0.39, 0.29) is 24.5 Å². The molecule has 2 N–H and O–H groups in total. The summed E-state index contributed by atoms with van der Waals surface area (Å²) >= 11 is 0. The lowest BCUT2D eigenvalue weighted by Gasteiger charge is -2.27. The summed E-state index contributed by atoms with van der Waals surface area (Å²) in [6.45, 7) is 0.0946. The summed E-state index contributed by atoms with van der Waals surface area (Å²) in [7, 11) is 1.86. The van der Waals surface area contributed by atoms with Crippen LogP contribution in [0.1, 0.15) is 42.5 Å². The normalized spacial score (nSPS) is 15.9. The summed E-state index contributed by atoms with van der Waals surface area (Å²) in [5.74, 6) is 0.804. The third-order valence-corrected chi connectivity index (χ3v) is 7.30. The maximum atomic E-state index is 15.0. The number of nitrogens with zero attached hydrogens (tertiary/aromatic N) is 4. The first-order valence-corrected chi connectivity index (χ1v) is 13.3. The third kappa shape index (κ3) is 4.67. The number of aromatic nitrogens is 4. The summed E-state index contributed by atoms with van der Waals surface area (Å²) in [6, 6.07) is 8.46. The zero-order valence-corrected chi connectivity index (χ0v) is 21.8. The lowest BCUT2D eigenvalue weighted by molar-refractivity contribution is 0.0947. The number of anilines is 2. The van der Waals surface area contributed by atoms with Crippen LogP contribution in [0.15, 0.2) is 48.9 Å². The molecule has 2 aromatic heterocycles. The van der Waals surface area contributed by atoms with Gasteiger partial charge < -0.3 is 24.8 Å². The first-order chi connectivity index (χ1) is 19.5. The monoisotopic (exact) mass is 542 g/mol. The van der Waals surface area contributed by atoms with Crippen LogP contribution in [0.4, 0.5) is 16.0 Å². The second kappa shape index (κ2) is 9.82. The molecule has 40 heavy (non-hydrogen) atoms. The lowest BCUT2D eigenvalue weighted by Crippen LogP contribution is -2.26. The van der Waals surface area contributed by atoms with Gasteiger partial charge in [-0.3, -0.25) is 9.48 Å². The molecule has 0 atom stereocenters. The molecule has 3 heterocycles. The number of amides is 1. The number of halogens is 1. The van der Waals surface area contributed by atoms with Crippen LogP contribution in [0.3, 0.4) is 0 Å². The molecule has 4 aromatic rings. The van der Waals surface area contributed by atoms with E-state index in [1.54, 1.807) is 23.1 Å². The number of aryl methyl sites for hydroxylation is 1. The Morgan fingerprint density at radius 3 is 2.62 bits per heavy atom. The molecule has 2 aromatic carbocycles. The van der Waals surface area contributed by atoms with Gasteiger partial charge in [-0.1, -0.05) is 6.07 Å². The minimum Gasteiger partial charge on any atom is -0.474 e. The summed E-state index contributed by atoms with van der Waals surface area (Å²) in [5.41, 5.74) is 3.51. The average Bonchev–Trinajstić information content (AvgIpc) is 3.39. The Labute approximate surface area is 229 Å². The van der Waals surface area contributed by atoms with Crippen LogP contribution < -0.4 is 24.8 Å². The van der Waals surface area contributed by atoms with Crippen molar-refractivity contribution in [3.63, 3.8) is 0 Å². The van der Waals surface area contributed by atoms with Crippen LogP contribution >= 0.6 is 0 Å². The topological polar surface area (TPSA) is 112 Å². The van der Waals surface area contributed by atoms with Crippen LogP contribution in [0.5, 0.6) is 17.4 Å². The standard InChI is InChI=1S/C29H27FN6O4/c1-36-14-17(12-32-36)20-9-10-24(26-25(20)38-15-39-26)34-29-31-13-22(28(35-29)40-19-3-2-4-19)16-5-8-21(23(30)11-16)27(37)33-18-6-7-18/h5,8-14,18-19H,2-4,6-7,15H2,1H3,(H,33,37)(H,31,34,35). The number of fused-ring (bicyclic) bond motifs is 1. The summed E-state index contributed by atoms with van der Waals surface area (Å²) in [4.78, 5) is 21.5. The number of hydrogen-bond donors (Lipinski definition) is 2. The first-order valence-electron chi connectivity index (χ1n) is 13.3. The van der Waals surface area contributed by atoms with Crippen LogP contribution in [0, 0.1) is 5.82 Å². The van der Waals surface area contributed by atoms with Gasteiger partial charge in [-0.2, -0.15) is 10.1 Å². The molecule has 7 rings (SSSR count). The molecule has 0 radical (unpaired) electrons. The molecule has 3 aliphatic rings. The number of carbonyl (C=O) groups is 1. The molecule has 1 amide bonds. The average molecular weight is 543 g/mol. The Balaban J connectivity index is 1.19. The zero-order valence-electron chi connectivity index (χ0n) is 21.8. The quantitative estimate of drug-likeness (QED) is 0.321. The van der Waals surface area contributed by atoms with Gasteiger partial charge in [0.2, 0.25) is 18.6 Å². The fraction of sp³-hybridized carbons (Fsp3) is 0.310. The number of rotatable bonds is 8. The van der Waals surface area contributed by atoms with Crippen molar-refractivity contribution in [2.75, 3.05) is 12.1 Å². The molecule has 0 unspecified atom stereocenters. The summed E-state index contributed by atoms with van der Waals surface area (Å²) in [5, 5.41) is 10.3. The van der Waals surface area contributed by atoms with E-state index >= 15 is 0 Å². The number of carbonyl (C=O) groups excluding carboxylic acids is 1. The largest absolute Gasteiger partial charge is 0.474 e. The van der Waals surface area contributed by atoms with Crippen LogP contribution in [0.2, 0.25) is 0 Å². The van der Waals surface area contributed by atoms with E-state index < -0.39 is 11.7 Å². The Hall–Kier alpha value is -4.67. The van der Waals surface area contributed by atoms with Gasteiger partial charge in [0.25, 0.3) is 5.91 Å². The van der Waals surface area contributed by atoms with E-state index in [4.69, 9.17) is 14.2 Å². The summed E-state index contributed by atoms with van der Waals surface area (Å²) < 4.78 is 34.5. The maximum absolute atomic E-state index is 15.0. The van der Waals surface area contributed by atoms with E-state index in [2.05, 4.69) is 25.7 Å². The molecular weight excluding hydrogens is 515 g/mol. The minimum atomic E-state index is -0.603. The number of benzene rings is 2. The Kier molecular flexibility index (Phi) is 5.98. The van der Waals surface area contributed by atoms with Crippen molar-refractivity contribution in [1.29, 1.82) is 0 Å². The highest BCUT2D eigenvalue weighted by Gasteiger charge is 2.27. The van der Waals surface area contributed by atoms with Crippen molar-refractivity contribution in [2.24, 2.45) is 7.05 Å². The predicted octanol–water partition coefficient (Wildman–Crippen LogP) is 4.98. The fourth-order valence-electron chi connectivity index (χ4n) is 4.72. The van der Waals surface area contributed by atoms with Gasteiger partial charge in [0.15, 0.2) is 11.5 Å². The van der Waals surface area contributed by atoms with Crippen molar-refractivity contribution in [3.8, 4) is 39.6 Å². The van der Waals surface area contributed by atoms with Crippen molar-refractivity contribution in [2.45, 2.75) is 44.2 Å². The SMILES string of the molecule is Cn1cc(-c2ccc(Nc3ncc(-c4ccc(C(=O)NC5CC5)c(F)c4)c(OC4CCC4)n3)c3c2OCO3)cn1. The predicted molar refractivity (Wildman–Crippen MR) is 144 cm³/mol. The van der Waals surface area contributed by atoms with Gasteiger partial charge in [-0.05, 0) is 61.9 Å². The lowest BCUT2D eigenvalue weighted by atomic mass is 9.96. The molecule has 1 aliphatic heterocycles. The molecular formula is C29H27FN6O4. The Morgan fingerprint density at radius 1 is 1.05 bits per heavy atom. The van der Waals surface area contributed by atoms with E-state index in [1.807, 2.05) is 25.4 Å². The first kappa shape index (κ1) is 24.4. The van der Waals surface area contributed by atoms with Gasteiger partial charge in [-0.25, -0.2) is 9.37 Å². The van der Waals surface area contributed by atoms with Crippen LogP contribution in [0.25, 0.3) is 22.3 Å². The molecule has 2 saturated carbocycles. The highest BCUT2D eigenvalue weighted by Crippen LogP contribution is 2.47. The molecule has 0 saturated heterocycles. The van der Waals surface area contributed by atoms with Crippen molar-refractivity contribution < 1.29 is 23.4 Å². The Bertz CT molecular complexity index is 1610. The van der Waals surface area contributed by atoms with Crippen LogP contribution in [-0.2, 0) is 7.05 Å². The number of hydrogen-bond acceptors (Lipinski definition) is 8. The van der Waals surface area contributed by atoms with Crippen molar-refractivity contribution in [3.05, 3.63) is 60.3 Å². The van der Waals surface area contributed by atoms with E-state index in [1.165, 1.54) is 12.1 Å². The van der Waals surface area contributed by atoms with Gasteiger partial charge in [0, 0.05) is 36.6 Å². The van der Waals surface area contributed by atoms with E-state index in [0.29, 0.717) is 40.1 Å². The van der Waals surface area contributed by atoms with Crippen molar-refractivity contribution >= 4 is 17.5 Å². The molecule has 2 fully saturated rings. The molecule has 0 spiro atoms. The Morgan fingerprint density at radius 2 is 1.90 bits per heavy atom. The molecule has 11 heteroatoms. The number of ether oxygens (including phenoxy) is 3. The highest BCUT2D eigenvalue weighted by atomic mass is 19.1. The van der Waals surface area contributed by atoms with Crippen molar-refractivity contribution in [1.82, 2.24) is 25.1 Å². The summed E-state index contributed by atoms with van der Waals surface area (Å²) in [6.07, 6.45) is 10.1. The molecule has 0 bridgehead atoms. The van der Waals surface area contributed by atoms with Gasteiger partial charge >= 0.3 is 0 Å². The molecule has 10 nitrogen and oxygen atoms in total. The van der Waals surface area contributed by atoms with Gasteiger partial charge in [0.05, 0.1) is 23.0 Å². The van der Waals surface area contributed by atoms with Gasteiger partial charge in [-0.15, -0.1) is 0 Å². The highest BCUT2D eigenvalue weighted by molar-refractivity contribution is 5.95. The van der Waals surface area contributed by atoms with Gasteiger partial charge in [0.1, 0.15) is 11.9 Å². The zero-order chi connectivity index (χ0) is 27.2. The third-order valence-electron chi connectivity index (χ3n) is 7.30. The molecule has 2 aliphatic carbocycles. The van der Waals surface area contributed by atoms with Crippen LogP contribution in [-0.4, -0.2) is 44.6 Å². The maximum Gasteiger partial charge on any atom is 0.254 e. The van der Waals surface area contributed by atoms with E-state index in [9.17, 15) is 9.18 Å². The second-order valence-corrected chi connectivity index (χ2v) is 10.3.